The van der Waals surface area contributed by atoms with Crippen molar-refractivity contribution < 1.29 is 4.74 Å². The van der Waals surface area contributed by atoms with Gasteiger partial charge in [-0.25, -0.2) is 4.98 Å². The van der Waals surface area contributed by atoms with E-state index in [2.05, 4.69) is 22.0 Å². The van der Waals surface area contributed by atoms with Gasteiger partial charge in [0.2, 0.25) is 0 Å². The Labute approximate surface area is 146 Å². The van der Waals surface area contributed by atoms with Crippen molar-refractivity contribution in [3.63, 3.8) is 0 Å². The standard InChI is InChI=1S/C20H21N3O2/c1-22-18-10-6-5-9-16(18)21-17(20(22)24)13-23-11-12-25-19(14-23)15-7-3-2-4-8-15/h2-10,19H,11-14H2,1H3/t19-/m1/s1. The van der Waals surface area contributed by atoms with Crippen molar-refractivity contribution >= 4 is 11.0 Å². The number of fused-ring (bicyclic) bond motifs is 1. The molecular weight excluding hydrogens is 314 g/mol. The second-order valence-electron chi connectivity index (χ2n) is 6.42. The zero-order chi connectivity index (χ0) is 17.2. The highest BCUT2D eigenvalue weighted by atomic mass is 16.5. The number of aryl methyl sites for hydroxylation is 1. The van der Waals surface area contributed by atoms with Gasteiger partial charge in [-0.1, -0.05) is 42.5 Å². The third-order valence-electron chi connectivity index (χ3n) is 4.75. The maximum atomic E-state index is 12.7. The molecule has 4 rings (SSSR count). The molecule has 0 bridgehead atoms. The van der Waals surface area contributed by atoms with Crippen molar-refractivity contribution in [1.29, 1.82) is 0 Å². The third kappa shape index (κ3) is 3.21. The average molecular weight is 335 g/mol. The van der Waals surface area contributed by atoms with Crippen LogP contribution < -0.4 is 5.56 Å². The maximum Gasteiger partial charge on any atom is 0.273 e. The van der Waals surface area contributed by atoms with E-state index >= 15 is 0 Å². The zero-order valence-corrected chi connectivity index (χ0v) is 14.3. The summed E-state index contributed by atoms with van der Waals surface area (Å²) in [7, 11) is 1.81. The van der Waals surface area contributed by atoms with Crippen LogP contribution in [0.25, 0.3) is 11.0 Å². The van der Waals surface area contributed by atoms with Crippen molar-refractivity contribution in [2.24, 2.45) is 7.05 Å². The topological polar surface area (TPSA) is 47.4 Å². The molecule has 0 N–H and O–H groups in total. The fourth-order valence-electron chi connectivity index (χ4n) is 3.37. The number of hydrogen-bond acceptors (Lipinski definition) is 4. The number of hydrogen-bond donors (Lipinski definition) is 0. The maximum absolute atomic E-state index is 12.7. The number of aromatic nitrogens is 2. The number of nitrogens with zero attached hydrogens (tertiary/aromatic N) is 3. The molecule has 25 heavy (non-hydrogen) atoms. The minimum Gasteiger partial charge on any atom is -0.371 e. The minimum absolute atomic E-state index is 0.0264. The van der Waals surface area contributed by atoms with Crippen molar-refractivity contribution in [2.75, 3.05) is 19.7 Å². The van der Waals surface area contributed by atoms with E-state index in [1.54, 1.807) is 4.57 Å². The van der Waals surface area contributed by atoms with Crippen LogP contribution in [0, 0.1) is 0 Å². The molecule has 0 spiro atoms. The summed E-state index contributed by atoms with van der Waals surface area (Å²) in [6.45, 7) is 2.78. The summed E-state index contributed by atoms with van der Waals surface area (Å²) >= 11 is 0. The summed E-state index contributed by atoms with van der Waals surface area (Å²) in [5.74, 6) is 0. The van der Waals surface area contributed by atoms with Crippen molar-refractivity contribution in [1.82, 2.24) is 14.5 Å². The molecule has 1 aromatic heterocycles. The van der Waals surface area contributed by atoms with E-state index in [4.69, 9.17) is 4.74 Å². The van der Waals surface area contributed by atoms with E-state index in [1.807, 2.05) is 49.5 Å². The van der Waals surface area contributed by atoms with E-state index in [-0.39, 0.29) is 11.7 Å². The quantitative estimate of drug-likeness (QED) is 0.738. The van der Waals surface area contributed by atoms with Gasteiger partial charge in [0.15, 0.2) is 0 Å². The molecule has 1 fully saturated rings. The first-order chi connectivity index (χ1) is 12.2. The predicted octanol–water partition coefficient (Wildman–Crippen LogP) is 2.51. The van der Waals surface area contributed by atoms with Crippen LogP contribution >= 0.6 is 0 Å². The van der Waals surface area contributed by atoms with Gasteiger partial charge in [-0.05, 0) is 17.7 Å². The lowest BCUT2D eigenvalue weighted by molar-refractivity contribution is -0.0334. The number of ether oxygens (including phenoxy) is 1. The molecule has 0 amide bonds. The van der Waals surface area contributed by atoms with Crippen LogP contribution in [0.2, 0.25) is 0 Å². The van der Waals surface area contributed by atoms with E-state index < -0.39 is 0 Å². The Bertz CT molecular complexity index is 937. The zero-order valence-electron chi connectivity index (χ0n) is 14.3. The van der Waals surface area contributed by atoms with Crippen LogP contribution in [-0.2, 0) is 18.3 Å². The van der Waals surface area contributed by atoms with Crippen LogP contribution in [0.4, 0.5) is 0 Å². The van der Waals surface area contributed by atoms with Gasteiger partial charge in [-0.15, -0.1) is 0 Å². The number of morpholine rings is 1. The van der Waals surface area contributed by atoms with Gasteiger partial charge >= 0.3 is 0 Å². The molecule has 0 radical (unpaired) electrons. The highest BCUT2D eigenvalue weighted by Crippen LogP contribution is 2.22. The Balaban J connectivity index is 1.59. The summed E-state index contributed by atoms with van der Waals surface area (Å²) in [6, 6.07) is 18.0. The highest BCUT2D eigenvalue weighted by Gasteiger charge is 2.23. The average Bonchev–Trinajstić information content (AvgIpc) is 2.67. The second-order valence-corrected chi connectivity index (χ2v) is 6.42. The molecule has 1 aliphatic heterocycles. The first kappa shape index (κ1) is 16.0. The molecule has 128 valence electrons. The van der Waals surface area contributed by atoms with Gasteiger partial charge in [0.1, 0.15) is 5.69 Å². The largest absolute Gasteiger partial charge is 0.371 e. The number of benzene rings is 2. The summed E-state index contributed by atoms with van der Waals surface area (Å²) in [5, 5.41) is 0. The van der Waals surface area contributed by atoms with Gasteiger partial charge in [0.25, 0.3) is 5.56 Å². The summed E-state index contributed by atoms with van der Waals surface area (Å²) in [5.41, 5.74) is 3.45. The molecule has 2 heterocycles. The Morgan fingerprint density at radius 2 is 1.88 bits per heavy atom. The van der Waals surface area contributed by atoms with Gasteiger partial charge < -0.3 is 9.30 Å². The predicted molar refractivity (Wildman–Crippen MR) is 97.4 cm³/mol. The van der Waals surface area contributed by atoms with Crippen LogP contribution in [0.3, 0.4) is 0 Å². The molecule has 2 aromatic carbocycles. The molecule has 0 saturated carbocycles. The molecule has 1 saturated heterocycles. The fraction of sp³-hybridized carbons (Fsp3) is 0.300. The Hall–Kier alpha value is -2.50. The number of rotatable bonds is 3. The molecule has 1 aliphatic rings. The Morgan fingerprint density at radius 3 is 2.72 bits per heavy atom. The van der Waals surface area contributed by atoms with Crippen LogP contribution in [0.15, 0.2) is 59.4 Å². The summed E-state index contributed by atoms with van der Waals surface area (Å²) < 4.78 is 7.60. The molecule has 3 aromatic rings. The van der Waals surface area contributed by atoms with Crippen molar-refractivity contribution in [3.05, 3.63) is 76.2 Å². The lowest BCUT2D eigenvalue weighted by Crippen LogP contribution is -2.39. The molecule has 0 aliphatic carbocycles. The van der Waals surface area contributed by atoms with Crippen molar-refractivity contribution in [3.8, 4) is 0 Å². The minimum atomic E-state index is -0.0264. The lowest BCUT2D eigenvalue weighted by Gasteiger charge is -2.32. The number of para-hydroxylation sites is 2. The van der Waals surface area contributed by atoms with E-state index in [1.165, 1.54) is 5.56 Å². The third-order valence-corrected chi connectivity index (χ3v) is 4.75. The highest BCUT2D eigenvalue weighted by molar-refractivity contribution is 5.74. The molecular formula is C20H21N3O2. The van der Waals surface area contributed by atoms with Crippen molar-refractivity contribution in [2.45, 2.75) is 12.6 Å². The van der Waals surface area contributed by atoms with Gasteiger partial charge in [-0.2, -0.15) is 0 Å². The van der Waals surface area contributed by atoms with Gasteiger partial charge in [0, 0.05) is 26.7 Å². The second kappa shape index (κ2) is 6.78. The molecule has 1 atom stereocenters. The Kier molecular flexibility index (Phi) is 4.34. The van der Waals surface area contributed by atoms with Crippen LogP contribution in [0.1, 0.15) is 17.4 Å². The van der Waals surface area contributed by atoms with Gasteiger partial charge in [0.05, 0.1) is 23.7 Å². The van der Waals surface area contributed by atoms with E-state index in [0.717, 1.165) is 24.1 Å². The van der Waals surface area contributed by atoms with E-state index in [9.17, 15) is 4.79 Å². The van der Waals surface area contributed by atoms with Crippen LogP contribution in [0.5, 0.6) is 0 Å². The SMILES string of the molecule is Cn1c(=O)c(CN2CCO[C@@H](c3ccccc3)C2)nc2ccccc21. The summed E-state index contributed by atoms with van der Waals surface area (Å²) in [4.78, 5) is 19.5. The van der Waals surface area contributed by atoms with Gasteiger partial charge in [-0.3, -0.25) is 9.69 Å². The van der Waals surface area contributed by atoms with E-state index in [0.29, 0.717) is 18.8 Å². The normalized spacial score (nSPS) is 18.5. The Morgan fingerprint density at radius 1 is 1.12 bits per heavy atom. The summed E-state index contributed by atoms with van der Waals surface area (Å²) in [6.07, 6.45) is 0.0410. The first-order valence-corrected chi connectivity index (χ1v) is 8.56. The first-order valence-electron chi connectivity index (χ1n) is 8.56. The monoisotopic (exact) mass is 335 g/mol. The van der Waals surface area contributed by atoms with Crippen LogP contribution in [-0.4, -0.2) is 34.1 Å². The molecule has 0 unspecified atom stereocenters. The fourth-order valence-corrected chi connectivity index (χ4v) is 3.37. The molecule has 5 heteroatoms. The smallest absolute Gasteiger partial charge is 0.273 e. The molecule has 5 nitrogen and oxygen atoms in total. The lowest BCUT2D eigenvalue weighted by atomic mass is 10.1.